The van der Waals surface area contributed by atoms with Gasteiger partial charge in [0.1, 0.15) is 5.75 Å². The zero-order valence-electron chi connectivity index (χ0n) is 19.3. The first-order valence-corrected chi connectivity index (χ1v) is 11.7. The Morgan fingerprint density at radius 2 is 1.56 bits per heavy atom. The molecule has 0 aliphatic heterocycles. The van der Waals surface area contributed by atoms with Crippen LogP contribution in [-0.4, -0.2) is 21.9 Å². The first kappa shape index (κ1) is 22.2. The molecule has 5 heteroatoms. The van der Waals surface area contributed by atoms with E-state index in [9.17, 15) is 0 Å². The molecule has 0 radical (unpaired) electrons. The van der Waals surface area contributed by atoms with Crippen molar-refractivity contribution in [2.75, 3.05) is 7.11 Å². The summed E-state index contributed by atoms with van der Waals surface area (Å²) in [6.07, 6.45) is 0. The van der Waals surface area contributed by atoms with Crippen LogP contribution < -0.4 is 4.74 Å². The molecule has 0 bridgehead atoms. The average Bonchev–Trinajstić information content (AvgIpc) is 3.22. The molecule has 164 valence electrons. The van der Waals surface area contributed by atoms with Crippen molar-refractivity contribution in [1.82, 2.24) is 14.8 Å². The van der Waals surface area contributed by atoms with E-state index in [-0.39, 0.29) is 5.41 Å². The lowest BCUT2D eigenvalue weighted by molar-refractivity contribution is 0.414. The van der Waals surface area contributed by atoms with Crippen LogP contribution in [0.4, 0.5) is 0 Å². The Morgan fingerprint density at radius 3 is 2.19 bits per heavy atom. The van der Waals surface area contributed by atoms with Crippen molar-refractivity contribution >= 4 is 11.8 Å². The number of thioether (sulfide) groups is 1. The largest absolute Gasteiger partial charge is 0.497 e. The normalized spacial score (nSPS) is 11.5. The Hall–Kier alpha value is -3.05. The smallest absolute Gasteiger partial charge is 0.196 e. The molecule has 0 N–H and O–H groups in total. The van der Waals surface area contributed by atoms with Gasteiger partial charge in [-0.3, -0.25) is 4.57 Å². The molecule has 1 aromatic heterocycles. The van der Waals surface area contributed by atoms with Crippen LogP contribution in [0.1, 0.15) is 37.5 Å². The minimum absolute atomic E-state index is 0.108. The van der Waals surface area contributed by atoms with Gasteiger partial charge in [-0.15, -0.1) is 10.2 Å². The zero-order valence-corrected chi connectivity index (χ0v) is 20.1. The fraction of sp³-hybridized carbons (Fsp3) is 0.259. The van der Waals surface area contributed by atoms with Crippen LogP contribution in [-0.2, 0) is 11.2 Å². The number of rotatable bonds is 6. The van der Waals surface area contributed by atoms with Crippen molar-refractivity contribution in [3.05, 3.63) is 89.5 Å². The van der Waals surface area contributed by atoms with Gasteiger partial charge in [0.05, 0.1) is 7.11 Å². The summed E-state index contributed by atoms with van der Waals surface area (Å²) >= 11 is 1.70. The van der Waals surface area contributed by atoms with Gasteiger partial charge in [-0.05, 0) is 53.3 Å². The molecule has 0 amide bonds. The second-order valence-electron chi connectivity index (χ2n) is 8.88. The highest BCUT2D eigenvalue weighted by Gasteiger charge is 2.18. The maximum atomic E-state index is 5.35. The van der Waals surface area contributed by atoms with E-state index in [1.54, 1.807) is 18.9 Å². The molecule has 1 heterocycles. The van der Waals surface area contributed by atoms with Crippen molar-refractivity contribution in [3.8, 4) is 22.8 Å². The van der Waals surface area contributed by atoms with Crippen LogP contribution in [0, 0.1) is 6.92 Å². The van der Waals surface area contributed by atoms with E-state index in [2.05, 4.69) is 91.0 Å². The van der Waals surface area contributed by atoms with Crippen LogP contribution in [0.5, 0.6) is 5.75 Å². The van der Waals surface area contributed by atoms with Gasteiger partial charge in [-0.1, -0.05) is 81.1 Å². The second-order valence-corrected chi connectivity index (χ2v) is 9.82. The molecule has 0 unspecified atom stereocenters. The van der Waals surface area contributed by atoms with Crippen molar-refractivity contribution < 1.29 is 4.74 Å². The highest BCUT2D eigenvalue weighted by atomic mass is 32.2. The summed E-state index contributed by atoms with van der Waals surface area (Å²) in [5, 5.41) is 10.0. The maximum absolute atomic E-state index is 5.35. The van der Waals surface area contributed by atoms with E-state index in [0.717, 1.165) is 33.7 Å². The number of aromatic nitrogens is 3. The summed E-state index contributed by atoms with van der Waals surface area (Å²) in [5.74, 6) is 2.50. The molecule has 0 spiro atoms. The third-order valence-electron chi connectivity index (χ3n) is 5.59. The van der Waals surface area contributed by atoms with Crippen LogP contribution in [0.25, 0.3) is 17.1 Å². The van der Waals surface area contributed by atoms with Crippen LogP contribution in [0.15, 0.2) is 78.0 Å². The van der Waals surface area contributed by atoms with Crippen LogP contribution in [0.2, 0.25) is 0 Å². The summed E-state index contributed by atoms with van der Waals surface area (Å²) in [6, 6.07) is 25.2. The van der Waals surface area contributed by atoms with E-state index < -0.39 is 0 Å². The Balaban J connectivity index is 1.73. The van der Waals surface area contributed by atoms with Crippen molar-refractivity contribution in [2.24, 2.45) is 0 Å². The second kappa shape index (κ2) is 9.21. The van der Waals surface area contributed by atoms with Gasteiger partial charge in [0, 0.05) is 17.0 Å². The highest BCUT2D eigenvalue weighted by molar-refractivity contribution is 7.98. The van der Waals surface area contributed by atoms with Crippen LogP contribution >= 0.6 is 11.8 Å². The van der Waals surface area contributed by atoms with Crippen molar-refractivity contribution in [3.63, 3.8) is 0 Å². The number of benzene rings is 3. The first-order chi connectivity index (χ1) is 15.4. The highest BCUT2D eigenvalue weighted by Crippen LogP contribution is 2.32. The predicted octanol–water partition coefficient (Wildman–Crippen LogP) is 6.84. The molecule has 0 fully saturated rings. The Bertz CT molecular complexity index is 1190. The number of hydrogen-bond donors (Lipinski definition) is 0. The molecule has 4 nitrogen and oxygen atoms in total. The SMILES string of the molecule is COc1ccc(-n2c(SCc3ccccc3C)nnc2-c2ccc(C(C)(C)C)cc2)cc1. The molecule has 0 aliphatic carbocycles. The van der Waals surface area contributed by atoms with Gasteiger partial charge >= 0.3 is 0 Å². The number of methoxy groups -OCH3 is 1. The topological polar surface area (TPSA) is 39.9 Å². The van der Waals surface area contributed by atoms with E-state index in [1.807, 2.05) is 24.3 Å². The molecule has 0 saturated heterocycles. The van der Waals surface area contributed by atoms with Gasteiger partial charge in [0.2, 0.25) is 0 Å². The maximum Gasteiger partial charge on any atom is 0.196 e. The number of nitrogens with zero attached hydrogens (tertiary/aromatic N) is 3. The quantitative estimate of drug-likeness (QED) is 0.306. The lowest BCUT2D eigenvalue weighted by Crippen LogP contribution is -2.10. The number of aryl methyl sites for hydroxylation is 1. The lowest BCUT2D eigenvalue weighted by Gasteiger charge is -2.19. The molecule has 3 aromatic carbocycles. The molecule has 0 saturated carbocycles. The standard InChI is InChI=1S/C27H29N3OS/c1-19-8-6-7-9-21(19)18-32-26-29-28-25(20-10-12-22(13-11-20)27(2,3)4)30(26)23-14-16-24(31-5)17-15-23/h6-17H,18H2,1-5H3. The molecule has 0 aliphatic rings. The minimum Gasteiger partial charge on any atom is -0.497 e. The first-order valence-electron chi connectivity index (χ1n) is 10.7. The molecular weight excluding hydrogens is 414 g/mol. The van der Waals surface area contributed by atoms with E-state index in [0.29, 0.717) is 0 Å². The third-order valence-corrected chi connectivity index (χ3v) is 6.57. The van der Waals surface area contributed by atoms with E-state index >= 15 is 0 Å². The summed E-state index contributed by atoms with van der Waals surface area (Å²) < 4.78 is 7.48. The fourth-order valence-corrected chi connectivity index (χ4v) is 4.58. The van der Waals surface area contributed by atoms with Gasteiger partial charge in [-0.25, -0.2) is 0 Å². The monoisotopic (exact) mass is 443 g/mol. The molecular formula is C27H29N3OS. The molecule has 4 rings (SSSR count). The van der Waals surface area contributed by atoms with Gasteiger partial charge < -0.3 is 4.74 Å². The number of ether oxygens (including phenoxy) is 1. The summed E-state index contributed by atoms with van der Waals surface area (Å²) in [5.41, 5.74) is 6.05. The number of hydrogen-bond acceptors (Lipinski definition) is 4. The minimum atomic E-state index is 0.108. The molecule has 32 heavy (non-hydrogen) atoms. The third kappa shape index (κ3) is 4.73. The predicted molar refractivity (Wildman–Crippen MR) is 133 cm³/mol. The summed E-state index contributed by atoms with van der Waals surface area (Å²) in [4.78, 5) is 0. The van der Waals surface area contributed by atoms with E-state index in [4.69, 9.17) is 4.74 Å². The van der Waals surface area contributed by atoms with Crippen molar-refractivity contribution in [1.29, 1.82) is 0 Å². The average molecular weight is 444 g/mol. The Labute approximate surface area is 194 Å². The fourth-order valence-electron chi connectivity index (χ4n) is 3.55. The van der Waals surface area contributed by atoms with E-state index in [1.165, 1.54) is 16.7 Å². The van der Waals surface area contributed by atoms with Gasteiger partial charge in [0.25, 0.3) is 0 Å². The molecule has 4 aromatic rings. The Morgan fingerprint density at radius 1 is 0.875 bits per heavy atom. The lowest BCUT2D eigenvalue weighted by atomic mass is 9.87. The Kier molecular flexibility index (Phi) is 6.38. The molecule has 0 atom stereocenters. The van der Waals surface area contributed by atoms with Gasteiger partial charge in [-0.2, -0.15) is 0 Å². The van der Waals surface area contributed by atoms with Crippen LogP contribution in [0.3, 0.4) is 0 Å². The summed E-state index contributed by atoms with van der Waals surface area (Å²) in [6.45, 7) is 8.82. The van der Waals surface area contributed by atoms with Gasteiger partial charge in [0.15, 0.2) is 11.0 Å². The van der Waals surface area contributed by atoms with Crippen molar-refractivity contribution in [2.45, 2.75) is 44.0 Å². The summed E-state index contributed by atoms with van der Waals surface area (Å²) in [7, 11) is 1.68. The zero-order chi connectivity index (χ0) is 22.7.